The van der Waals surface area contributed by atoms with Crippen LogP contribution in [0.1, 0.15) is 5.56 Å². The molecule has 1 aromatic carbocycles. The first-order chi connectivity index (χ1) is 11.2. The maximum absolute atomic E-state index is 14.5. The average molecular weight is 424 g/mol. The normalized spacial score (nSPS) is 11.2. The summed E-state index contributed by atoms with van der Waals surface area (Å²) in [5.74, 6) is -2.50. The van der Waals surface area contributed by atoms with E-state index in [0.29, 0.717) is 0 Å². The Hall–Kier alpha value is -2.06. The lowest BCUT2D eigenvalue weighted by Gasteiger charge is -2.14. The fraction of sp³-hybridized carbons (Fsp3) is 0.154. The number of nitriles is 1. The number of aromatic amines is 1. The van der Waals surface area contributed by atoms with Gasteiger partial charge in [0.2, 0.25) is 0 Å². The molecule has 0 aliphatic carbocycles. The van der Waals surface area contributed by atoms with Gasteiger partial charge in [-0.2, -0.15) is 5.26 Å². The van der Waals surface area contributed by atoms with Crippen molar-refractivity contribution in [1.82, 2.24) is 9.97 Å². The lowest BCUT2D eigenvalue weighted by molar-refractivity contribution is -0.275. The van der Waals surface area contributed by atoms with E-state index in [4.69, 9.17) is 5.26 Å². The molecule has 0 amide bonds. The van der Waals surface area contributed by atoms with E-state index in [1.165, 1.54) is 0 Å². The first-order valence-electron chi connectivity index (χ1n) is 6.00. The van der Waals surface area contributed by atoms with Gasteiger partial charge in [-0.3, -0.25) is 4.79 Å². The summed E-state index contributed by atoms with van der Waals surface area (Å²) in [5.41, 5.74) is -2.23. The van der Waals surface area contributed by atoms with Gasteiger partial charge in [0.1, 0.15) is 17.3 Å². The van der Waals surface area contributed by atoms with Crippen LogP contribution in [0.25, 0.3) is 11.3 Å². The van der Waals surface area contributed by atoms with Gasteiger partial charge < -0.3 is 9.72 Å². The molecule has 24 heavy (non-hydrogen) atoms. The number of benzene rings is 1. The number of halogens is 5. The summed E-state index contributed by atoms with van der Waals surface area (Å²) in [6.07, 6.45) is -3.53. The summed E-state index contributed by atoms with van der Waals surface area (Å²) in [4.78, 5) is 18.1. The quantitative estimate of drug-likeness (QED) is 0.461. The van der Waals surface area contributed by atoms with E-state index in [9.17, 15) is 22.4 Å². The van der Waals surface area contributed by atoms with E-state index >= 15 is 0 Å². The van der Waals surface area contributed by atoms with E-state index in [2.05, 4.69) is 30.6 Å². The molecular formula is C13H6BrF4N3O2S. The van der Waals surface area contributed by atoms with E-state index in [-0.39, 0.29) is 15.3 Å². The monoisotopic (exact) mass is 423 g/mol. The van der Waals surface area contributed by atoms with Crippen LogP contribution in [0, 0.1) is 17.1 Å². The number of hydrogen-bond donors (Lipinski definition) is 1. The van der Waals surface area contributed by atoms with E-state index in [1.54, 1.807) is 12.3 Å². The Morgan fingerprint density at radius 3 is 2.62 bits per heavy atom. The van der Waals surface area contributed by atoms with Gasteiger partial charge in [-0.05, 0) is 34.3 Å². The molecule has 0 unspecified atom stereocenters. The zero-order chi connectivity index (χ0) is 18.1. The molecule has 2 aromatic rings. The van der Waals surface area contributed by atoms with Crippen molar-refractivity contribution in [2.45, 2.75) is 11.5 Å². The fourth-order valence-electron chi connectivity index (χ4n) is 1.79. The van der Waals surface area contributed by atoms with Crippen LogP contribution in [-0.2, 0) is 0 Å². The minimum Gasteiger partial charge on any atom is -0.403 e. The second kappa shape index (κ2) is 6.82. The maximum atomic E-state index is 14.5. The molecule has 0 atom stereocenters. The zero-order valence-electron chi connectivity index (χ0n) is 11.7. The number of aromatic nitrogens is 2. The topological polar surface area (TPSA) is 78.8 Å². The van der Waals surface area contributed by atoms with Crippen LogP contribution in [-0.4, -0.2) is 22.6 Å². The third-order valence-electron chi connectivity index (χ3n) is 2.72. The van der Waals surface area contributed by atoms with Crippen LogP contribution in [0.2, 0.25) is 0 Å². The Morgan fingerprint density at radius 2 is 2.08 bits per heavy atom. The molecule has 1 heterocycles. The largest absolute Gasteiger partial charge is 0.573 e. The molecule has 5 nitrogen and oxygen atoms in total. The van der Waals surface area contributed by atoms with Crippen LogP contribution >= 0.6 is 27.7 Å². The molecular weight excluding hydrogens is 418 g/mol. The minimum atomic E-state index is -5.10. The highest BCUT2D eigenvalue weighted by molar-refractivity contribution is 9.10. The molecule has 0 aliphatic heterocycles. The van der Waals surface area contributed by atoms with Crippen molar-refractivity contribution in [2.24, 2.45) is 0 Å². The highest BCUT2D eigenvalue weighted by Crippen LogP contribution is 2.37. The lowest BCUT2D eigenvalue weighted by atomic mass is 10.1. The van der Waals surface area contributed by atoms with Gasteiger partial charge >= 0.3 is 6.36 Å². The molecule has 11 heteroatoms. The standard InChI is InChI=1S/C13H6BrF4N3O2S/c1-24-12-20-10(5(4-19)11(22)21-12)8-6(14)2-3-7(9(8)15)23-13(16,17)18/h2-3H,1H3,(H,20,21,22). The number of nitrogens with zero attached hydrogens (tertiary/aromatic N) is 2. The summed E-state index contributed by atoms with van der Waals surface area (Å²) >= 11 is 4.00. The molecule has 0 bridgehead atoms. The highest BCUT2D eigenvalue weighted by Gasteiger charge is 2.33. The Kier molecular flexibility index (Phi) is 5.19. The van der Waals surface area contributed by atoms with E-state index < -0.39 is 34.6 Å². The van der Waals surface area contributed by atoms with Crippen molar-refractivity contribution >= 4 is 27.7 Å². The number of thioether (sulfide) groups is 1. The van der Waals surface area contributed by atoms with Crippen LogP contribution in [0.3, 0.4) is 0 Å². The minimum absolute atomic E-state index is 0.0103. The third kappa shape index (κ3) is 3.70. The van der Waals surface area contributed by atoms with Gasteiger partial charge in [0, 0.05) is 4.47 Å². The van der Waals surface area contributed by atoms with Gasteiger partial charge in [0.25, 0.3) is 5.56 Å². The molecule has 0 saturated carbocycles. The summed E-state index contributed by atoms with van der Waals surface area (Å²) in [6.45, 7) is 0. The van der Waals surface area contributed by atoms with Crippen molar-refractivity contribution in [3.63, 3.8) is 0 Å². The van der Waals surface area contributed by atoms with Gasteiger partial charge in [-0.25, -0.2) is 9.37 Å². The zero-order valence-corrected chi connectivity index (χ0v) is 14.1. The maximum Gasteiger partial charge on any atom is 0.573 e. The highest BCUT2D eigenvalue weighted by atomic mass is 79.9. The Morgan fingerprint density at radius 1 is 1.42 bits per heavy atom. The number of alkyl halides is 3. The number of H-pyrrole nitrogens is 1. The first-order valence-corrected chi connectivity index (χ1v) is 8.02. The van der Waals surface area contributed by atoms with Crippen LogP contribution < -0.4 is 10.3 Å². The predicted octanol–water partition coefficient (Wildman–Crippen LogP) is 3.83. The summed E-state index contributed by atoms with van der Waals surface area (Å²) in [7, 11) is 0. The smallest absolute Gasteiger partial charge is 0.403 e. The number of ether oxygens (including phenoxy) is 1. The van der Waals surface area contributed by atoms with Crippen molar-refractivity contribution in [1.29, 1.82) is 5.26 Å². The van der Waals surface area contributed by atoms with E-state index in [0.717, 1.165) is 23.9 Å². The van der Waals surface area contributed by atoms with Gasteiger partial charge in [0.05, 0.1) is 5.56 Å². The van der Waals surface area contributed by atoms with Crippen molar-refractivity contribution < 1.29 is 22.3 Å². The van der Waals surface area contributed by atoms with Crippen molar-refractivity contribution in [3.05, 3.63) is 38.3 Å². The summed E-state index contributed by atoms with van der Waals surface area (Å²) in [5, 5.41) is 9.17. The number of hydrogen-bond acceptors (Lipinski definition) is 5. The molecule has 1 N–H and O–H groups in total. The molecule has 0 radical (unpaired) electrons. The van der Waals surface area contributed by atoms with Gasteiger partial charge in [0.15, 0.2) is 16.7 Å². The van der Waals surface area contributed by atoms with Crippen LogP contribution in [0.15, 0.2) is 26.6 Å². The lowest BCUT2D eigenvalue weighted by Crippen LogP contribution is -2.19. The molecule has 1 aromatic heterocycles. The van der Waals surface area contributed by atoms with E-state index in [1.807, 2.05) is 0 Å². The number of rotatable bonds is 3. The second-order valence-corrected chi connectivity index (χ2v) is 5.84. The Balaban J connectivity index is 2.78. The Labute approximate surface area is 144 Å². The SMILES string of the molecule is CSc1nc(-c2c(Br)ccc(OC(F)(F)F)c2F)c(C#N)c(=O)[nH]1. The predicted molar refractivity (Wildman–Crippen MR) is 81.1 cm³/mol. The number of nitrogens with one attached hydrogen (secondary N) is 1. The molecule has 2 rings (SSSR count). The van der Waals surface area contributed by atoms with Gasteiger partial charge in [-0.1, -0.05) is 11.8 Å². The summed E-state index contributed by atoms with van der Waals surface area (Å²) < 4.78 is 55.2. The summed E-state index contributed by atoms with van der Waals surface area (Å²) in [6, 6.07) is 3.44. The van der Waals surface area contributed by atoms with Crippen molar-refractivity contribution in [3.8, 4) is 23.1 Å². The average Bonchev–Trinajstić information content (AvgIpc) is 2.49. The first kappa shape index (κ1) is 18.3. The van der Waals surface area contributed by atoms with Crippen LogP contribution in [0.4, 0.5) is 17.6 Å². The van der Waals surface area contributed by atoms with Gasteiger partial charge in [-0.15, -0.1) is 13.2 Å². The third-order valence-corrected chi connectivity index (χ3v) is 3.96. The van der Waals surface area contributed by atoms with Crippen LogP contribution in [0.5, 0.6) is 5.75 Å². The molecule has 0 aliphatic rings. The van der Waals surface area contributed by atoms with Crippen molar-refractivity contribution in [2.75, 3.05) is 6.26 Å². The molecule has 0 saturated heterocycles. The molecule has 126 valence electrons. The fourth-order valence-corrected chi connectivity index (χ4v) is 2.66. The molecule has 0 spiro atoms. The second-order valence-electron chi connectivity index (χ2n) is 4.19. The Bertz CT molecular complexity index is 892. The molecule has 0 fully saturated rings.